The summed E-state index contributed by atoms with van der Waals surface area (Å²) in [7, 11) is 4.05. The van der Waals surface area contributed by atoms with E-state index < -0.39 is 0 Å². The van der Waals surface area contributed by atoms with Crippen molar-refractivity contribution in [1.29, 1.82) is 0 Å². The smallest absolute Gasteiger partial charge is 0.229 e. The van der Waals surface area contributed by atoms with Crippen molar-refractivity contribution in [3.63, 3.8) is 0 Å². The molecule has 0 aromatic carbocycles. The average Bonchev–Trinajstić information content (AvgIpc) is 2.89. The summed E-state index contributed by atoms with van der Waals surface area (Å²) in [5.74, 6) is 1.20. The number of nitrogens with zero attached hydrogens (tertiary/aromatic N) is 3. The number of thiazole rings is 1. The fourth-order valence-corrected chi connectivity index (χ4v) is 3.50. The molecule has 20 heavy (non-hydrogen) atoms. The molecule has 1 aromatic heterocycles. The van der Waals surface area contributed by atoms with Gasteiger partial charge in [-0.15, -0.1) is 22.9 Å². The molecule has 2 rings (SSSR count). The second-order valence-corrected chi connectivity index (χ2v) is 6.77. The standard InChI is InChI=1S/C14H22ClN3OS/c1-17-5-3-11(4-6-17)9-18(2)14(19)7-13-16-12(8-15)10-20-13/h10-11H,3-9H2,1-2H3. The number of aromatic nitrogens is 1. The van der Waals surface area contributed by atoms with E-state index in [0.717, 1.165) is 30.3 Å². The van der Waals surface area contributed by atoms with Gasteiger partial charge in [0.25, 0.3) is 0 Å². The number of hydrogen-bond acceptors (Lipinski definition) is 4. The number of hydrogen-bond donors (Lipinski definition) is 0. The maximum absolute atomic E-state index is 12.2. The summed E-state index contributed by atoms with van der Waals surface area (Å²) in [6, 6.07) is 0. The predicted molar refractivity (Wildman–Crippen MR) is 83.2 cm³/mol. The zero-order valence-electron chi connectivity index (χ0n) is 12.1. The van der Waals surface area contributed by atoms with E-state index in [1.165, 1.54) is 24.2 Å². The molecule has 0 spiro atoms. The first-order valence-electron chi connectivity index (χ1n) is 7.00. The summed E-state index contributed by atoms with van der Waals surface area (Å²) in [6.45, 7) is 3.14. The van der Waals surface area contributed by atoms with Crippen molar-refractivity contribution in [2.24, 2.45) is 5.92 Å². The highest BCUT2D eigenvalue weighted by molar-refractivity contribution is 7.09. The van der Waals surface area contributed by atoms with Crippen LogP contribution in [-0.4, -0.2) is 54.4 Å². The van der Waals surface area contributed by atoms with Crippen molar-refractivity contribution in [3.8, 4) is 0 Å². The van der Waals surface area contributed by atoms with Gasteiger partial charge in [-0.1, -0.05) is 0 Å². The number of carbonyl (C=O) groups excluding carboxylic acids is 1. The number of carbonyl (C=O) groups is 1. The van der Waals surface area contributed by atoms with Crippen molar-refractivity contribution in [2.75, 3.05) is 33.7 Å². The van der Waals surface area contributed by atoms with E-state index in [1.54, 1.807) is 0 Å². The molecule has 0 N–H and O–H groups in total. The molecular weight excluding hydrogens is 294 g/mol. The molecule has 0 atom stereocenters. The molecule has 2 heterocycles. The van der Waals surface area contributed by atoms with Gasteiger partial charge < -0.3 is 9.80 Å². The van der Waals surface area contributed by atoms with Gasteiger partial charge >= 0.3 is 0 Å². The summed E-state index contributed by atoms with van der Waals surface area (Å²) in [6.07, 6.45) is 2.76. The molecule has 0 saturated carbocycles. The fraction of sp³-hybridized carbons (Fsp3) is 0.714. The highest BCUT2D eigenvalue weighted by atomic mass is 35.5. The molecule has 1 aliphatic heterocycles. The van der Waals surface area contributed by atoms with E-state index in [2.05, 4.69) is 16.9 Å². The van der Waals surface area contributed by atoms with Crippen LogP contribution >= 0.6 is 22.9 Å². The molecule has 1 fully saturated rings. The van der Waals surface area contributed by atoms with Gasteiger partial charge in [-0.3, -0.25) is 4.79 Å². The Hall–Kier alpha value is -0.650. The minimum atomic E-state index is 0.152. The molecule has 0 bridgehead atoms. The van der Waals surface area contributed by atoms with Gasteiger partial charge in [0.05, 0.1) is 18.0 Å². The van der Waals surface area contributed by atoms with E-state index in [9.17, 15) is 4.79 Å². The van der Waals surface area contributed by atoms with Crippen molar-refractivity contribution in [3.05, 3.63) is 16.1 Å². The Bertz CT molecular complexity index is 443. The number of rotatable bonds is 5. The van der Waals surface area contributed by atoms with E-state index in [1.807, 2.05) is 17.3 Å². The van der Waals surface area contributed by atoms with Gasteiger partial charge in [0.15, 0.2) is 0 Å². The molecule has 0 radical (unpaired) electrons. The molecule has 1 aromatic rings. The second kappa shape index (κ2) is 7.38. The van der Waals surface area contributed by atoms with Crippen LogP contribution in [0.5, 0.6) is 0 Å². The normalized spacial score (nSPS) is 17.4. The van der Waals surface area contributed by atoms with Gasteiger partial charge in [-0.05, 0) is 38.9 Å². The van der Waals surface area contributed by atoms with Gasteiger partial charge in [0.1, 0.15) is 5.01 Å². The lowest BCUT2D eigenvalue weighted by atomic mass is 9.96. The van der Waals surface area contributed by atoms with Gasteiger partial charge in [-0.25, -0.2) is 4.98 Å². The number of likely N-dealkylation sites (N-methyl/N-ethyl adjacent to an activating group) is 1. The number of piperidine rings is 1. The highest BCUT2D eigenvalue weighted by Crippen LogP contribution is 2.18. The van der Waals surface area contributed by atoms with Crippen LogP contribution in [-0.2, 0) is 17.1 Å². The zero-order chi connectivity index (χ0) is 14.5. The first-order chi connectivity index (χ1) is 9.58. The first kappa shape index (κ1) is 15.7. The molecular formula is C14H22ClN3OS. The van der Waals surface area contributed by atoms with Crippen LogP contribution in [0.2, 0.25) is 0 Å². The number of halogens is 1. The highest BCUT2D eigenvalue weighted by Gasteiger charge is 2.20. The molecule has 6 heteroatoms. The summed E-state index contributed by atoms with van der Waals surface area (Å²) >= 11 is 7.24. The minimum absolute atomic E-state index is 0.152. The van der Waals surface area contributed by atoms with E-state index in [-0.39, 0.29) is 5.91 Å². The molecule has 4 nitrogen and oxygen atoms in total. The Labute approximate surface area is 129 Å². The lowest BCUT2D eigenvalue weighted by Gasteiger charge is -2.31. The van der Waals surface area contributed by atoms with Crippen molar-refractivity contribution in [1.82, 2.24) is 14.8 Å². The van der Waals surface area contributed by atoms with Crippen LogP contribution in [0.15, 0.2) is 5.38 Å². The SMILES string of the molecule is CN1CCC(CN(C)C(=O)Cc2nc(CCl)cs2)CC1. The van der Waals surface area contributed by atoms with Crippen LogP contribution in [0, 0.1) is 5.92 Å². The monoisotopic (exact) mass is 315 g/mol. The molecule has 1 aliphatic rings. The third-order valence-electron chi connectivity index (χ3n) is 3.83. The Kier molecular flexibility index (Phi) is 5.81. The molecule has 112 valence electrons. The number of amides is 1. The zero-order valence-corrected chi connectivity index (χ0v) is 13.7. The molecule has 1 amide bonds. The van der Waals surface area contributed by atoms with Crippen LogP contribution in [0.1, 0.15) is 23.5 Å². The molecule has 0 unspecified atom stereocenters. The van der Waals surface area contributed by atoms with Crippen LogP contribution in [0.3, 0.4) is 0 Å². The lowest BCUT2D eigenvalue weighted by molar-refractivity contribution is -0.129. The Morgan fingerprint density at radius 1 is 1.55 bits per heavy atom. The number of likely N-dealkylation sites (tertiary alicyclic amines) is 1. The topological polar surface area (TPSA) is 36.4 Å². The van der Waals surface area contributed by atoms with Crippen molar-refractivity contribution < 1.29 is 4.79 Å². The Balaban J connectivity index is 1.79. The van der Waals surface area contributed by atoms with E-state index in [0.29, 0.717) is 18.2 Å². The maximum Gasteiger partial charge on any atom is 0.229 e. The Morgan fingerprint density at radius 2 is 2.25 bits per heavy atom. The summed E-state index contributed by atoms with van der Waals surface area (Å²) in [5, 5.41) is 2.79. The maximum atomic E-state index is 12.2. The summed E-state index contributed by atoms with van der Waals surface area (Å²) in [4.78, 5) is 20.7. The predicted octanol–water partition coefficient (Wildman–Crippen LogP) is 2.22. The number of alkyl halides is 1. The van der Waals surface area contributed by atoms with Gasteiger partial charge in [0, 0.05) is 19.0 Å². The summed E-state index contributed by atoms with van der Waals surface area (Å²) < 4.78 is 0. The summed E-state index contributed by atoms with van der Waals surface area (Å²) in [5.41, 5.74) is 0.859. The first-order valence-corrected chi connectivity index (χ1v) is 8.41. The lowest BCUT2D eigenvalue weighted by Crippen LogP contribution is -2.38. The molecule has 0 aliphatic carbocycles. The third-order valence-corrected chi connectivity index (χ3v) is 5.01. The van der Waals surface area contributed by atoms with Crippen LogP contribution in [0.4, 0.5) is 0 Å². The molecule has 1 saturated heterocycles. The minimum Gasteiger partial charge on any atom is -0.345 e. The Morgan fingerprint density at radius 3 is 2.85 bits per heavy atom. The van der Waals surface area contributed by atoms with E-state index in [4.69, 9.17) is 11.6 Å². The quantitative estimate of drug-likeness (QED) is 0.782. The van der Waals surface area contributed by atoms with Gasteiger partial charge in [0.2, 0.25) is 5.91 Å². The average molecular weight is 316 g/mol. The fourth-order valence-electron chi connectivity index (χ4n) is 2.49. The largest absolute Gasteiger partial charge is 0.345 e. The van der Waals surface area contributed by atoms with Crippen LogP contribution < -0.4 is 0 Å². The van der Waals surface area contributed by atoms with Crippen molar-refractivity contribution in [2.45, 2.75) is 25.1 Å². The van der Waals surface area contributed by atoms with Gasteiger partial charge in [-0.2, -0.15) is 0 Å². The second-order valence-electron chi connectivity index (χ2n) is 5.56. The third kappa shape index (κ3) is 4.43. The van der Waals surface area contributed by atoms with Crippen molar-refractivity contribution >= 4 is 28.8 Å². The van der Waals surface area contributed by atoms with Crippen LogP contribution in [0.25, 0.3) is 0 Å². The van der Waals surface area contributed by atoms with E-state index >= 15 is 0 Å².